The molecule has 1 atom stereocenters. The Kier molecular flexibility index (Phi) is 4.46. The number of likely N-dealkylation sites (tertiary alicyclic amines) is 1. The Morgan fingerprint density at radius 3 is 2.52 bits per heavy atom. The molecule has 25 heavy (non-hydrogen) atoms. The smallest absolute Gasteiger partial charge is 0.228 e. The van der Waals surface area contributed by atoms with E-state index in [1.807, 2.05) is 17.0 Å². The third kappa shape index (κ3) is 3.27. The number of carbonyl (C=O) groups excluding carboxylic acids is 2. The van der Waals surface area contributed by atoms with Gasteiger partial charge < -0.3 is 15.1 Å². The average molecular weight is 362 g/mol. The summed E-state index contributed by atoms with van der Waals surface area (Å²) >= 11 is 5.92. The van der Waals surface area contributed by atoms with Crippen molar-refractivity contribution < 1.29 is 9.59 Å². The highest BCUT2D eigenvalue weighted by molar-refractivity contribution is 6.30. The quantitative estimate of drug-likeness (QED) is 0.879. The number of anilines is 1. The molecule has 1 aromatic carbocycles. The molecule has 1 N–H and O–H groups in total. The molecule has 6 heteroatoms. The Morgan fingerprint density at radius 2 is 1.88 bits per heavy atom. The van der Waals surface area contributed by atoms with E-state index in [1.165, 1.54) is 6.42 Å². The van der Waals surface area contributed by atoms with Gasteiger partial charge in [0, 0.05) is 43.3 Å². The van der Waals surface area contributed by atoms with Gasteiger partial charge >= 0.3 is 0 Å². The molecule has 3 fully saturated rings. The van der Waals surface area contributed by atoms with Crippen molar-refractivity contribution in [3.05, 3.63) is 29.3 Å². The Bertz CT molecular complexity index is 660. The molecule has 0 saturated carbocycles. The first-order valence-corrected chi connectivity index (χ1v) is 9.50. The molecule has 3 aliphatic rings. The van der Waals surface area contributed by atoms with Gasteiger partial charge in [0.1, 0.15) is 0 Å². The average Bonchev–Trinajstić information content (AvgIpc) is 3.23. The lowest BCUT2D eigenvalue weighted by Gasteiger charge is -2.39. The second-order valence-corrected chi connectivity index (χ2v) is 8.07. The number of halogens is 1. The van der Waals surface area contributed by atoms with E-state index in [2.05, 4.69) is 5.32 Å². The van der Waals surface area contributed by atoms with Crippen LogP contribution in [-0.2, 0) is 9.59 Å². The molecule has 1 aromatic rings. The highest BCUT2D eigenvalue weighted by Gasteiger charge is 2.41. The van der Waals surface area contributed by atoms with Crippen molar-refractivity contribution >= 4 is 29.1 Å². The summed E-state index contributed by atoms with van der Waals surface area (Å²) in [6.45, 7) is 4.31. The van der Waals surface area contributed by atoms with Gasteiger partial charge in [-0.1, -0.05) is 11.6 Å². The summed E-state index contributed by atoms with van der Waals surface area (Å²) in [7, 11) is 0. The van der Waals surface area contributed by atoms with Crippen molar-refractivity contribution in [3.8, 4) is 0 Å². The highest BCUT2D eigenvalue weighted by Crippen LogP contribution is 2.37. The molecule has 1 unspecified atom stereocenters. The number of hydrogen-bond donors (Lipinski definition) is 1. The molecule has 1 spiro atoms. The summed E-state index contributed by atoms with van der Waals surface area (Å²) in [4.78, 5) is 29.0. The molecule has 4 rings (SSSR count). The van der Waals surface area contributed by atoms with Crippen LogP contribution in [0, 0.1) is 11.3 Å². The molecule has 0 bridgehead atoms. The van der Waals surface area contributed by atoms with E-state index < -0.39 is 0 Å². The molecule has 3 aliphatic heterocycles. The lowest BCUT2D eigenvalue weighted by Crippen LogP contribution is -2.46. The Balaban J connectivity index is 1.38. The van der Waals surface area contributed by atoms with Crippen LogP contribution in [0.4, 0.5) is 5.69 Å². The fourth-order valence-electron chi connectivity index (χ4n) is 4.43. The standard InChI is InChI=1S/C19H24ClN3O2/c20-15-1-3-16(4-2-15)23-12-14(11-17(23)24)18(25)22-9-6-19(7-10-22)5-8-21-13-19/h1-4,14,21H,5-13H2. The van der Waals surface area contributed by atoms with Crippen LogP contribution in [0.5, 0.6) is 0 Å². The zero-order valence-electron chi connectivity index (χ0n) is 14.3. The third-order valence-corrected chi connectivity index (χ3v) is 6.33. The van der Waals surface area contributed by atoms with E-state index in [9.17, 15) is 9.59 Å². The summed E-state index contributed by atoms with van der Waals surface area (Å²) in [5.41, 5.74) is 1.22. The molecular weight excluding hydrogens is 338 g/mol. The van der Waals surface area contributed by atoms with E-state index in [-0.39, 0.29) is 17.7 Å². The maximum atomic E-state index is 12.9. The van der Waals surface area contributed by atoms with Crippen LogP contribution in [-0.4, -0.2) is 49.4 Å². The molecule has 3 saturated heterocycles. The molecule has 5 nitrogen and oxygen atoms in total. The minimum atomic E-state index is -0.223. The van der Waals surface area contributed by atoms with Crippen LogP contribution in [0.2, 0.25) is 5.02 Å². The Labute approximate surface area is 153 Å². The summed E-state index contributed by atoms with van der Waals surface area (Å²) in [5.74, 6) is -0.0568. The highest BCUT2D eigenvalue weighted by atomic mass is 35.5. The van der Waals surface area contributed by atoms with Crippen LogP contribution >= 0.6 is 11.6 Å². The summed E-state index contributed by atoms with van der Waals surface area (Å²) < 4.78 is 0. The second kappa shape index (κ2) is 6.61. The third-order valence-electron chi connectivity index (χ3n) is 6.08. The summed E-state index contributed by atoms with van der Waals surface area (Å²) in [6, 6.07) is 7.23. The first-order valence-electron chi connectivity index (χ1n) is 9.12. The van der Waals surface area contributed by atoms with Crippen molar-refractivity contribution in [2.24, 2.45) is 11.3 Å². The van der Waals surface area contributed by atoms with Crippen molar-refractivity contribution in [2.75, 3.05) is 37.6 Å². The monoisotopic (exact) mass is 361 g/mol. The number of hydrogen-bond acceptors (Lipinski definition) is 3. The number of rotatable bonds is 2. The van der Waals surface area contributed by atoms with Crippen molar-refractivity contribution in [2.45, 2.75) is 25.7 Å². The summed E-state index contributed by atoms with van der Waals surface area (Å²) in [6.07, 6.45) is 3.69. The van der Waals surface area contributed by atoms with Crippen LogP contribution < -0.4 is 10.2 Å². The van der Waals surface area contributed by atoms with Gasteiger partial charge in [0.15, 0.2) is 0 Å². The van der Waals surface area contributed by atoms with Gasteiger partial charge in [-0.15, -0.1) is 0 Å². The molecule has 2 amide bonds. The fourth-order valence-corrected chi connectivity index (χ4v) is 4.55. The number of piperidine rings is 1. The Hall–Kier alpha value is -1.59. The molecule has 3 heterocycles. The lowest BCUT2D eigenvalue weighted by atomic mass is 9.77. The molecule has 134 valence electrons. The number of amides is 2. The number of nitrogens with zero attached hydrogens (tertiary/aromatic N) is 2. The largest absolute Gasteiger partial charge is 0.342 e. The van der Waals surface area contributed by atoms with E-state index in [0.717, 1.165) is 44.7 Å². The first-order chi connectivity index (χ1) is 12.1. The van der Waals surface area contributed by atoms with Gasteiger partial charge in [-0.05, 0) is 55.5 Å². The van der Waals surface area contributed by atoms with Gasteiger partial charge in [-0.2, -0.15) is 0 Å². The normalized spacial score (nSPS) is 25.8. The predicted octanol–water partition coefficient (Wildman–Crippen LogP) is 2.29. The zero-order valence-corrected chi connectivity index (χ0v) is 15.1. The van der Waals surface area contributed by atoms with E-state index in [0.29, 0.717) is 23.4 Å². The number of benzene rings is 1. The van der Waals surface area contributed by atoms with Gasteiger partial charge in [0.25, 0.3) is 0 Å². The molecule has 0 aliphatic carbocycles. The maximum Gasteiger partial charge on any atom is 0.228 e. The lowest BCUT2D eigenvalue weighted by molar-refractivity contribution is -0.137. The van der Waals surface area contributed by atoms with Crippen molar-refractivity contribution in [1.82, 2.24) is 10.2 Å². The summed E-state index contributed by atoms with van der Waals surface area (Å²) in [5, 5.41) is 4.10. The zero-order chi connectivity index (χ0) is 17.4. The van der Waals surface area contributed by atoms with Gasteiger partial charge in [0.05, 0.1) is 5.92 Å². The van der Waals surface area contributed by atoms with Gasteiger partial charge in [-0.3, -0.25) is 9.59 Å². The Morgan fingerprint density at radius 1 is 1.16 bits per heavy atom. The van der Waals surface area contributed by atoms with Crippen LogP contribution in [0.3, 0.4) is 0 Å². The topological polar surface area (TPSA) is 52.7 Å². The SMILES string of the molecule is O=C(C1CC(=O)N(c2ccc(Cl)cc2)C1)N1CCC2(CCNC2)CC1. The van der Waals surface area contributed by atoms with Gasteiger partial charge in [0.2, 0.25) is 11.8 Å². The second-order valence-electron chi connectivity index (χ2n) is 7.63. The minimum Gasteiger partial charge on any atom is -0.342 e. The predicted molar refractivity (Wildman–Crippen MR) is 97.6 cm³/mol. The number of nitrogens with one attached hydrogen (secondary N) is 1. The van der Waals surface area contributed by atoms with Crippen molar-refractivity contribution in [1.29, 1.82) is 0 Å². The number of carbonyl (C=O) groups is 2. The van der Waals surface area contributed by atoms with E-state index >= 15 is 0 Å². The van der Waals surface area contributed by atoms with Crippen LogP contribution in [0.25, 0.3) is 0 Å². The van der Waals surface area contributed by atoms with Crippen molar-refractivity contribution in [3.63, 3.8) is 0 Å². The molecule has 0 radical (unpaired) electrons. The maximum absolute atomic E-state index is 12.9. The molecular formula is C19H24ClN3O2. The van der Waals surface area contributed by atoms with Crippen LogP contribution in [0.1, 0.15) is 25.7 Å². The molecule has 0 aromatic heterocycles. The van der Waals surface area contributed by atoms with Crippen LogP contribution in [0.15, 0.2) is 24.3 Å². The fraction of sp³-hybridized carbons (Fsp3) is 0.579. The first kappa shape index (κ1) is 16.9. The van der Waals surface area contributed by atoms with E-state index in [1.54, 1.807) is 17.0 Å². The van der Waals surface area contributed by atoms with Gasteiger partial charge in [-0.25, -0.2) is 0 Å². The minimum absolute atomic E-state index is 0.0224. The van der Waals surface area contributed by atoms with E-state index in [4.69, 9.17) is 11.6 Å².